The quantitative estimate of drug-likeness (QED) is 0.737. The maximum atomic E-state index is 5.98. The first kappa shape index (κ1) is 11.5. The molecule has 0 radical (unpaired) electrons. The van der Waals surface area contributed by atoms with E-state index in [-0.39, 0.29) is 0 Å². The van der Waals surface area contributed by atoms with Crippen LogP contribution in [0.4, 0.5) is 5.69 Å². The van der Waals surface area contributed by atoms with Gasteiger partial charge in [-0.25, -0.2) is 9.97 Å². The molecule has 1 aromatic heterocycles. The van der Waals surface area contributed by atoms with Crippen molar-refractivity contribution in [2.45, 2.75) is 13.3 Å². The number of hydrogen-bond donors (Lipinski definition) is 0. The van der Waals surface area contributed by atoms with Gasteiger partial charge in [-0.3, -0.25) is 0 Å². The fourth-order valence-corrected chi connectivity index (χ4v) is 2.60. The van der Waals surface area contributed by atoms with Gasteiger partial charge in [-0.15, -0.1) is 0 Å². The van der Waals surface area contributed by atoms with Crippen molar-refractivity contribution in [3.8, 4) is 11.4 Å². The first-order valence-electron chi connectivity index (χ1n) is 5.99. The van der Waals surface area contributed by atoms with E-state index in [0.29, 0.717) is 11.0 Å². The topological polar surface area (TPSA) is 29.0 Å². The van der Waals surface area contributed by atoms with Crippen LogP contribution in [0.2, 0.25) is 5.15 Å². The molecule has 3 rings (SSSR count). The number of aromatic nitrogens is 2. The summed E-state index contributed by atoms with van der Waals surface area (Å²) in [4.78, 5) is 11.0. The van der Waals surface area contributed by atoms with Crippen LogP contribution in [-0.4, -0.2) is 23.6 Å². The molecule has 92 valence electrons. The third kappa shape index (κ3) is 1.95. The predicted molar refractivity (Wildman–Crippen MR) is 74.2 cm³/mol. The van der Waals surface area contributed by atoms with Gasteiger partial charge in [0.2, 0.25) is 0 Å². The smallest absolute Gasteiger partial charge is 0.161 e. The van der Waals surface area contributed by atoms with Gasteiger partial charge in [-0.05, 0) is 43.2 Å². The molecule has 1 aliphatic heterocycles. The third-order valence-electron chi connectivity index (χ3n) is 3.29. The van der Waals surface area contributed by atoms with E-state index in [4.69, 9.17) is 11.6 Å². The minimum absolute atomic E-state index is 0.495. The Morgan fingerprint density at radius 1 is 1.22 bits per heavy atom. The van der Waals surface area contributed by atoms with Crippen LogP contribution in [0, 0.1) is 6.92 Å². The van der Waals surface area contributed by atoms with Gasteiger partial charge in [0, 0.05) is 30.5 Å². The number of benzene rings is 1. The molecule has 2 aromatic rings. The van der Waals surface area contributed by atoms with Gasteiger partial charge in [0.05, 0.1) is 0 Å². The first-order chi connectivity index (χ1) is 8.63. The van der Waals surface area contributed by atoms with Crippen molar-refractivity contribution in [2.75, 3.05) is 18.5 Å². The minimum atomic E-state index is 0.495. The lowest BCUT2D eigenvalue weighted by atomic mass is 10.1. The zero-order valence-corrected chi connectivity index (χ0v) is 11.2. The Bertz CT molecular complexity index is 590. The second kappa shape index (κ2) is 4.25. The largest absolute Gasteiger partial charge is 0.374 e. The second-order valence-corrected chi connectivity index (χ2v) is 5.06. The second-order valence-electron chi connectivity index (χ2n) is 4.67. The summed E-state index contributed by atoms with van der Waals surface area (Å²) in [5, 5.41) is 0.495. The number of fused-ring (bicyclic) bond motifs is 1. The predicted octanol–water partition coefficient (Wildman–Crippen LogP) is 3.10. The Morgan fingerprint density at radius 2 is 2.06 bits per heavy atom. The van der Waals surface area contributed by atoms with E-state index in [2.05, 4.69) is 40.1 Å². The summed E-state index contributed by atoms with van der Waals surface area (Å²) in [5.41, 5.74) is 4.59. The molecule has 3 nitrogen and oxygen atoms in total. The fourth-order valence-electron chi connectivity index (χ4n) is 2.37. The first-order valence-corrected chi connectivity index (χ1v) is 6.37. The summed E-state index contributed by atoms with van der Waals surface area (Å²) in [6, 6.07) is 8.14. The van der Waals surface area contributed by atoms with Crippen molar-refractivity contribution in [1.29, 1.82) is 0 Å². The van der Waals surface area contributed by atoms with Gasteiger partial charge in [-0.1, -0.05) is 11.6 Å². The van der Waals surface area contributed by atoms with Crippen molar-refractivity contribution >= 4 is 17.3 Å². The summed E-state index contributed by atoms with van der Waals surface area (Å²) < 4.78 is 0. The van der Waals surface area contributed by atoms with Crippen molar-refractivity contribution in [3.63, 3.8) is 0 Å². The summed E-state index contributed by atoms with van der Waals surface area (Å²) in [7, 11) is 2.12. The number of likely N-dealkylation sites (N-methyl/N-ethyl adjacent to an activating group) is 1. The molecule has 0 saturated carbocycles. The summed E-state index contributed by atoms with van der Waals surface area (Å²) in [6.07, 6.45) is 1.08. The summed E-state index contributed by atoms with van der Waals surface area (Å²) >= 11 is 5.98. The molecule has 0 N–H and O–H groups in total. The van der Waals surface area contributed by atoms with Crippen LogP contribution in [0.5, 0.6) is 0 Å². The van der Waals surface area contributed by atoms with E-state index in [1.54, 1.807) is 6.07 Å². The molecule has 2 heterocycles. The molecule has 0 fully saturated rings. The molecule has 0 amide bonds. The lowest BCUT2D eigenvalue weighted by Gasteiger charge is -2.12. The maximum Gasteiger partial charge on any atom is 0.161 e. The highest BCUT2D eigenvalue weighted by atomic mass is 35.5. The summed E-state index contributed by atoms with van der Waals surface area (Å²) in [5.74, 6) is 0.706. The lowest BCUT2D eigenvalue weighted by molar-refractivity contribution is 0.956. The van der Waals surface area contributed by atoms with Gasteiger partial charge in [-0.2, -0.15) is 0 Å². The highest BCUT2D eigenvalue weighted by molar-refractivity contribution is 6.29. The maximum absolute atomic E-state index is 5.98. The lowest BCUT2D eigenvalue weighted by Crippen LogP contribution is -2.12. The van der Waals surface area contributed by atoms with Crippen LogP contribution in [0.1, 0.15) is 11.3 Å². The van der Waals surface area contributed by atoms with E-state index >= 15 is 0 Å². The standard InChI is InChI=1S/C14H14ClN3/c1-9-7-13(15)17-14(16-9)11-3-4-12-10(8-11)5-6-18(12)2/h3-4,7-8H,5-6H2,1-2H3. The van der Waals surface area contributed by atoms with Crippen molar-refractivity contribution in [3.05, 3.63) is 40.7 Å². The van der Waals surface area contributed by atoms with Crippen molar-refractivity contribution in [1.82, 2.24) is 9.97 Å². The average molecular weight is 260 g/mol. The average Bonchev–Trinajstić information content (AvgIpc) is 2.69. The zero-order chi connectivity index (χ0) is 12.7. The molecule has 0 atom stereocenters. The Balaban J connectivity index is 2.07. The molecule has 0 saturated heterocycles. The highest BCUT2D eigenvalue weighted by Crippen LogP contribution is 2.30. The van der Waals surface area contributed by atoms with E-state index in [1.165, 1.54) is 11.3 Å². The van der Waals surface area contributed by atoms with E-state index in [9.17, 15) is 0 Å². The number of aryl methyl sites for hydroxylation is 1. The van der Waals surface area contributed by atoms with Gasteiger partial charge >= 0.3 is 0 Å². The molecule has 1 aliphatic rings. The fraction of sp³-hybridized carbons (Fsp3) is 0.286. The SMILES string of the molecule is Cc1cc(Cl)nc(-c2ccc3c(c2)CCN3C)n1. The number of hydrogen-bond acceptors (Lipinski definition) is 3. The minimum Gasteiger partial charge on any atom is -0.374 e. The van der Waals surface area contributed by atoms with Crippen LogP contribution in [0.3, 0.4) is 0 Å². The molecular formula is C14H14ClN3. The van der Waals surface area contributed by atoms with Gasteiger partial charge in [0.25, 0.3) is 0 Å². The van der Waals surface area contributed by atoms with Crippen LogP contribution in [-0.2, 0) is 6.42 Å². The van der Waals surface area contributed by atoms with Crippen molar-refractivity contribution < 1.29 is 0 Å². The number of nitrogens with zero attached hydrogens (tertiary/aromatic N) is 3. The number of anilines is 1. The third-order valence-corrected chi connectivity index (χ3v) is 3.48. The molecule has 0 bridgehead atoms. The van der Waals surface area contributed by atoms with Crippen LogP contribution in [0.25, 0.3) is 11.4 Å². The zero-order valence-electron chi connectivity index (χ0n) is 10.4. The molecule has 1 aromatic carbocycles. The van der Waals surface area contributed by atoms with Gasteiger partial charge in [0.15, 0.2) is 5.82 Å². The van der Waals surface area contributed by atoms with Crippen LogP contribution >= 0.6 is 11.6 Å². The Morgan fingerprint density at radius 3 is 2.83 bits per heavy atom. The van der Waals surface area contributed by atoms with E-state index in [1.807, 2.05) is 6.92 Å². The molecule has 0 unspecified atom stereocenters. The van der Waals surface area contributed by atoms with Gasteiger partial charge in [0.1, 0.15) is 5.15 Å². The van der Waals surface area contributed by atoms with Gasteiger partial charge < -0.3 is 4.90 Å². The van der Waals surface area contributed by atoms with E-state index in [0.717, 1.165) is 24.2 Å². The number of rotatable bonds is 1. The number of halogens is 1. The Labute approximate surface area is 111 Å². The van der Waals surface area contributed by atoms with Crippen LogP contribution < -0.4 is 4.90 Å². The molecular weight excluding hydrogens is 246 g/mol. The van der Waals surface area contributed by atoms with Crippen LogP contribution in [0.15, 0.2) is 24.3 Å². The summed E-state index contributed by atoms with van der Waals surface area (Å²) in [6.45, 7) is 3.01. The normalized spacial score (nSPS) is 13.8. The Hall–Kier alpha value is -1.61. The Kier molecular flexibility index (Phi) is 2.71. The molecule has 0 aliphatic carbocycles. The van der Waals surface area contributed by atoms with Crippen molar-refractivity contribution in [2.24, 2.45) is 0 Å². The molecule has 4 heteroatoms. The monoisotopic (exact) mass is 259 g/mol. The molecule has 18 heavy (non-hydrogen) atoms. The van der Waals surface area contributed by atoms with E-state index < -0.39 is 0 Å². The highest BCUT2D eigenvalue weighted by Gasteiger charge is 2.16. The molecule has 0 spiro atoms.